The van der Waals surface area contributed by atoms with Crippen LogP contribution >= 0.6 is 0 Å². The van der Waals surface area contributed by atoms with Gasteiger partial charge in [-0.1, -0.05) is 6.07 Å². The first-order valence-electron chi connectivity index (χ1n) is 5.36. The summed E-state index contributed by atoms with van der Waals surface area (Å²) in [6.45, 7) is 0.243. The fourth-order valence-corrected chi connectivity index (χ4v) is 1.63. The maximum atomic E-state index is 11.4. The molecule has 0 saturated heterocycles. The molecule has 0 saturated carbocycles. The van der Waals surface area contributed by atoms with Gasteiger partial charge in [-0.2, -0.15) is 0 Å². The molecule has 1 aromatic rings. The Balaban J connectivity index is 2.02. The zero-order valence-corrected chi connectivity index (χ0v) is 9.39. The molecule has 1 aliphatic rings. The second-order valence-corrected chi connectivity index (χ2v) is 3.87. The van der Waals surface area contributed by atoms with Crippen LogP contribution in [0.1, 0.15) is 28.8 Å². The zero-order valence-electron chi connectivity index (χ0n) is 9.39. The summed E-state index contributed by atoms with van der Waals surface area (Å²) in [5.41, 5.74) is 1.64. The number of fused-ring (bicyclic) bond motifs is 1. The number of rotatable bonds is 4. The normalized spacial score (nSPS) is 12.8. The number of carbonyl (C=O) groups excluding carboxylic acids is 3. The Bertz CT molecular complexity index is 523. The lowest BCUT2D eigenvalue weighted by Crippen LogP contribution is -2.24. The molecule has 2 rings (SSSR count). The van der Waals surface area contributed by atoms with Crippen molar-refractivity contribution < 1.29 is 24.2 Å². The maximum absolute atomic E-state index is 11.4. The molecule has 0 atom stereocenters. The van der Waals surface area contributed by atoms with Gasteiger partial charge in [-0.3, -0.25) is 4.79 Å². The number of cyclic esters (lactones) is 1. The molecule has 0 aromatic heterocycles. The van der Waals surface area contributed by atoms with E-state index in [4.69, 9.17) is 4.74 Å². The molecule has 0 unspecified atom stereocenters. The molecule has 18 heavy (non-hydrogen) atoms. The van der Waals surface area contributed by atoms with Crippen molar-refractivity contribution in [2.45, 2.75) is 19.4 Å². The minimum absolute atomic E-state index is 0.163. The van der Waals surface area contributed by atoms with Crippen molar-refractivity contribution in [2.24, 2.45) is 0 Å². The highest BCUT2D eigenvalue weighted by atomic mass is 16.5. The van der Waals surface area contributed by atoms with Crippen molar-refractivity contribution >= 4 is 23.5 Å². The molecule has 6 heteroatoms. The smallest absolute Gasteiger partial charge is 0.338 e. The first kappa shape index (κ1) is 12.1. The van der Waals surface area contributed by atoms with Gasteiger partial charge >= 0.3 is 5.97 Å². The third-order valence-corrected chi connectivity index (χ3v) is 2.53. The Kier molecular flexibility index (Phi) is 3.27. The van der Waals surface area contributed by atoms with Crippen molar-refractivity contribution in [1.82, 2.24) is 0 Å². The lowest BCUT2D eigenvalue weighted by molar-refractivity contribution is -0.305. The lowest BCUT2D eigenvalue weighted by atomic mass is 10.1. The molecular weight excluding hydrogens is 238 g/mol. The highest BCUT2D eigenvalue weighted by Gasteiger charge is 2.21. The Hall–Kier alpha value is -2.37. The van der Waals surface area contributed by atoms with E-state index in [0.29, 0.717) is 11.3 Å². The molecule has 1 N–H and O–H groups in total. The van der Waals surface area contributed by atoms with Crippen molar-refractivity contribution in [3.63, 3.8) is 0 Å². The average Bonchev–Trinajstić information content (AvgIpc) is 2.69. The van der Waals surface area contributed by atoms with Crippen LogP contribution < -0.4 is 10.4 Å². The number of aliphatic carboxylic acids is 1. The topological polar surface area (TPSA) is 95.5 Å². The van der Waals surface area contributed by atoms with E-state index in [1.54, 1.807) is 12.1 Å². The SMILES string of the molecule is O=C([O-])CCC(=O)Nc1ccc2c(c1)C(=O)OC2. The van der Waals surface area contributed by atoms with Crippen LogP contribution in [-0.4, -0.2) is 17.8 Å². The predicted molar refractivity (Wildman–Crippen MR) is 58.4 cm³/mol. The molecular formula is C12H10NO5-. The van der Waals surface area contributed by atoms with Gasteiger partial charge in [0.1, 0.15) is 6.61 Å². The minimum Gasteiger partial charge on any atom is -0.550 e. The Morgan fingerprint density at radius 1 is 1.33 bits per heavy atom. The van der Waals surface area contributed by atoms with E-state index in [2.05, 4.69) is 5.32 Å². The second kappa shape index (κ2) is 4.87. The summed E-state index contributed by atoms with van der Waals surface area (Å²) in [6, 6.07) is 4.84. The number of amides is 1. The third kappa shape index (κ3) is 2.65. The largest absolute Gasteiger partial charge is 0.550 e. The Morgan fingerprint density at radius 3 is 2.83 bits per heavy atom. The van der Waals surface area contributed by atoms with Crippen LogP contribution in [0.2, 0.25) is 0 Å². The summed E-state index contributed by atoms with van der Waals surface area (Å²) in [6.07, 6.45) is -0.497. The molecule has 1 aliphatic heterocycles. The molecule has 0 radical (unpaired) electrons. The van der Waals surface area contributed by atoms with Crippen molar-refractivity contribution in [3.05, 3.63) is 29.3 Å². The quantitative estimate of drug-likeness (QED) is 0.746. The van der Waals surface area contributed by atoms with Gasteiger partial charge in [-0.05, 0) is 18.6 Å². The lowest BCUT2D eigenvalue weighted by Gasteiger charge is -2.06. The number of esters is 1. The average molecular weight is 248 g/mol. The van der Waals surface area contributed by atoms with E-state index in [9.17, 15) is 19.5 Å². The zero-order chi connectivity index (χ0) is 13.1. The first-order chi connectivity index (χ1) is 8.56. The van der Waals surface area contributed by atoms with Gasteiger partial charge in [0.05, 0.1) is 5.56 Å². The molecule has 1 aromatic carbocycles. The van der Waals surface area contributed by atoms with Gasteiger partial charge < -0.3 is 20.0 Å². The standard InChI is InChI=1S/C12H11NO5/c14-10(3-4-11(15)16)13-8-2-1-7-6-18-12(17)9(7)5-8/h1-2,5H,3-4,6H2,(H,13,14)(H,15,16)/p-1. The van der Waals surface area contributed by atoms with Crippen LogP contribution in [0.3, 0.4) is 0 Å². The summed E-state index contributed by atoms with van der Waals surface area (Å²) in [4.78, 5) is 32.9. The number of carbonyl (C=O) groups is 3. The molecule has 0 bridgehead atoms. The number of nitrogens with one attached hydrogen (secondary N) is 1. The van der Waals surface area contributed by atoms with E-state index in [0.717, 1.165) is 5.56 Å². The number of benzene rings is 1. The molecule has 0 fully saturated rings. The number of carboxylic acid groups (broad SMARTS) is 1. The van der Waals surface area contributed by atoms with E-state index in [1.807, 2.05) is 0 Å². The fraction of sp³-hybridized carbons (Fsp3) is 0.250. The highest BCUT2D eigenvalue weighted by Crippen LogP contribution is 2.23. The molecule has 0 aliphatic carbocycles. The summed E-state index contributed by atoms with van der Waals surface area (Å²) in [7, 11) is 0. The van der Waals surface area contributed by atoms with Crippen LogP contribution in [0.15, 0.2) is 18.2 Å². The molecule has 1 amide bonds. The van der Waals surface area contributed by atoms with Crippen LogP contribution in [0, 0.1) is 0 Å². The number of hydrogen-bond acceptors (Lipinski definition) is 5. The minimum atomic E-state index is -1.28. The molecule has 0 spiro atoms. The summed E-state index contributed by atoms with van der Waals surface area (Å²) in [5.74, 6) is -2.14. The summed E-state index contributed by atoms with van der Waals surface area (Å²) < 4.78 is 4.82. The van der Waals surface area contributed by atoms with Crippen molar-refractivity contribution in [1.29, 1.82) is 0 Å². The molecule has 94 valence electrons. The van der Waals surface area contributed by atoms with E-state index in [-0.39, 0.29) is 19.4 Å². The molecule has 1 heterocycles. The van der Waals surface area contributed by atoms with Crippen LogP contribution in [0.25, 0.3) is 0 Å². The Labute approximate surface area is 103 Å². The third-order valence-electron chi connectivity index (χ3n) is 2.53. The van der Waals surface area contributed by atoms with Gasteiger partial charge in [0.2, 0.25) is 5.91 Å². The number of carboxylic acids is 1. The summed E-state index contributed by atoms with van der Waals surface area (Å²) >= 11 is 0. The first-order valence-corrected chi connectivity index (χ1v) is 5.36. The number of hydrogen-bond donors (Lipinski definition) is 1. The highest BCUT2D eigenvalue weighted by molar-refractivity contribution is 5.97. The van der Waals surface area contributed by atoms with Gasteiger partial charge in [-0.15, -0.1) is 0 Å². The van der Waals surface area contributed by atoms with Crippen LogP contribution in [-0.2, 0) is 20.9 Å². The van der Waals surface area contributed by atoms with E-state index < -0.39 is 17.8 Å². The van der Waals surface area contributed by atoms with E-state index >= 15 is 0 Å². The maximum Gasteiger partial charge on any atom is 0.338 e. The van der Waals surface area contributed by atoms with Gasteiger partial charge in [0.25, 0.3) is 0 Å². The van der Waals surface area contributed by atoms with Crippen molar-refractivity contribution in [2.75, 3.05) is 5.32 Å². The predicted octanol–water partition coefficient (Wildman–Crippen LogP) is -0.174. The van der Waals surface area contributed by atoms with E-state index in [1.165, 1.54) is 6.07 Å². The fourth-order valence-electron chi connectivity index (χ4n) is 1.63. The van der Waals surface area contributed by atoms with Crippen molar-refractivity contribution in [3.8, 4) is 0 Å². The summed E-state index contributed by atoms with van der Waals surface area (Å²) in [5, 5.41) is 12.7. The van der Waals surface area contributed by atoms with Gasteiger partial charge in [0, 0.05) is 23.6 Å². The number of ether oxygens (including phenoxy) is 1. The molecule has 6 nitrogen and oxygen atoms in total. The van der Waals surface area contributed by atoms with Gasteiger partial charge in [-0.25, -0.2) is 4.79 Å². The van der Waals surface area contributed by atoms with Gasteiger partial charge in [0.15, 0.2) is 0 Å². The van der Waals surface area contributed by atoms with Crippen LogP contribution in [0.4, 0.5) is 5.69 Å². The second-order valence-electron chi connectivity index (χ2n) is 3.87. The number of anilines is 1. The Morgan fingerprint density at radius 2 is 2.11 bits per heavy atom. The van der Waals surface area contributed by atoms with Crippen LogP contribution in [0.5, 0.6) is 0 Å². The monoisotopic (exact) mass is 248 g/mol.